The molecule has 0 amide bonds. The molecule has 178 valence electrons. The molecule has 3 heterocycles. The van der Waals surface area contributed by atoms with Crippen molar-refractivity contribution in [3.8, 4) is 33.8 Å². The van der Waals surface area contributed by atoms with E-state index in [-0.39, 0.29) is 5.82 Å². The molecule has 0 atom stereocenters. The molecule has 3 aromatic heterocycles. The first-order chi connectivity index (χ1) is 17.4. The molecule has 2 N–H and O–H groups in total. The minimum atomic E-state index is -0.295. The Labute approximate surface area is 207 Å². The van der Waals surface area contributed by atoms with Gasteiger partial charge in [0, 0.05) is 23.7 Å². The number of hydrogen-bond donors (Lipinski definition) is 2. The van der Waals surface area contributed by atoms with Crippen LogP contribution in [0.1, 0.15) is 11.1 Å². The fraction of sp³-hybridized carbons (Fsp3) is 0.138. The van der Waals surface area contributed by atoms with Crippen LogP contribution in [0.5, 0.6) is 0 Å². The van der Waals surface area contributed by atoms with Gasteiger partial charge in [0.15, 0.2) is 5.82 Å². The number of pyridine rings is 1. The van der Waals surface area contributed by atoms with Crippen molar-refractivity contribution in [2.45, 2.75) is 13.5 Å². The number of rotatable bonds is 5. The van der Waals surface area contributed by atoms with E-state index in [2.05, 4.69) is 82.5 Å². The number of H-pyrrole nitrogens is 2. The Bertz CT molecular complexity index is 1730. The van der Waals surface area contributed by atoms with E-state index in [1.54, 1.807) is 18.5 Å². The Morgan fingerprint density at radius 1 is 0.889 bits per heavy atom. The molecule has 0 aliphatic heterocycles. The highest BCUT2D eigenvalue weighted by molar-refractivity contribution is 5.98. The van der Waals surface area contributed by atoms with E-state index in [4.69, 9.17) is 4.98 Å². The number of nitrogens with one attached hydrogen (secondary N) is 2. The number of aryl methyl sites for hydroxylation is 1. The second kappa shape index (κ2) is 8.70. The molecule has 6 rings (SSSR count). The van der Waals surface area contributed by atoms with Crippen molar-refractivity contribution < 1.29 is 4.39 Å². The lowest BCUT2D eigenvalue weighted by atomic mass is 9.98. The Hall–Kier alpha value is -4.36. The molecule has 6 aromatic rings. The molecule has 0 saturated carbocycles. The van der Waals surface area contributed by atoms with Gasteiger partial charge in [-0.2, -0.15) is 5.10 Å². The highest BCUT2D eigenvalue weighted by atomic mass is 19.1. The minimum absolute atomic E-state index is 0.295. The molecule has 3 aromatic carbocycles. The standard InChI is InChI=1S/C29H25FN6/c1-17-9-18(16-36(2)3)11-21(10-17)19-7-8-25-23(13-19)28(35-34-25)29-32-26-15-31-14-24(27(26)33-29)20-5-4-6-22(30)12-20/h4-15H,16H2,1-3H3,(H,32,33)(H,34,35). The van der Waals surface area contributed by atoms with Gasteiger partial charge in [-0.05, 0) is 73.6 Å². The van der Waals surface area contributed by atoms with Crippen LogP contribution in [0.4, 0.5) is 4.39 Å². The molecule has 36 heavy (non-hydrogen) atoms. The predicted octanol–water partition coefficient (Wildman–Crippen LogP) is 6.34. The number of benzene rings is 3. The summed E-state index contributed by atoms with van der Waals surface area (Å²) in [6, 6.07) is 19.5. The van der Waals surface area contributed by atoms with Gasteiger partial charge >= 0.3 is 0 Å². The van der Waals surface area contributed by atoms with Crippen LogP contribution in [0.15, 0.2) is 73.1 Å². The number of halogens is 1. The molecule has 0 saturated heterocycles. The number of imidazole rings is 1. The van der Waals surface area contributed by atoms with Gasteiger partial charge in [0.25, 0.3) is 0 Å². The number of fused-ring (bicyclic) bond motifs is 2. The second-order valence-electron chi connectivity index (χ2n) is 9.46. The SMILES string of the molecule is Cc1cc(CN(C)C)cc(-c2ccc3[nH]nc(-c4nc5c(-c6cccc(F)c6)cncc5[nH]4)c3c2)c1. The van der Waals surface area contributed by atoms with Crippen molar-refractivity contribution in [1.29, 1.82) is 0 Å². The first-order valence-electron chi connectivity index (χ1n) is 11.8. The van der Waals surface area contributed by atoms with Gasteiger partial charge in [0.2, 0.25) is 0 Å². The van der Waals surface area contributed by atoms with Crippen LogP contribution in [-0.4, -0.2) is 44.1 Å². The first kappa shape index (κ1) is 22.1. The average Bonchev–Trinajstić information content (AvgIpc) is 3.46. The van der Waals surface area contributed by atoms with Crippen molar-refractivity contribution in [1.82, 2.24) is 30.0 Å². The summed E-state index contributed by atoms with van der Waals surface area (Å²) in [5.74, 6) is 0.340. The number of aromatic amines is 2. The third-order valence-electron chi connectivity index (χ3n) is 6.29. The zero-order valence-corrected chi connectivity index (χ0v) is 20.3. The third-order valence-corrected chi connectivity index (χ3v) is 6.29. The number of hydrogen-bond acceptors (Lipinski definition) is 4. The number of nitrogens with zero attached hydrogens (tertiary/aromatic N) is 4. The van der Waals surface area contributed by atoms with Crippen molar-refractivity contribution in [3.05, 3.63) is 90.0 Å². The number of aromatic nitrogens is 5. The molecular weight excluding hydrogens is 451 g/mol. The lowest BCUT2D eigenvalue weighted by Crippen LogP contribution is -2.10. The second-order valence-corrected chi connectivity index (χ2v) is 9.46. The van der Waals surface area contributed by atoms with Crippen molar-refractivity contribution in [2.24, 2.45) is 0 Å². The van der Waals surface area contributed by atoms with Crippen molar-refractivity contribution >= 4 is 21.9 Å². The van der Waals surface area contributed by atoms with Crippen LogP contribution in [0, 0.1) is 12.7 Å². The lowest BCUT2D eigenvalue weighted by Gasteiger charge is -2.12. The summed E-state index contributed by atoms with van der Waals surface area (Å²) in [6.45, 7) is 3.01. The topological polar surface area (TPSA) is 73.5 Å². The maximum absolute atomic E-state index is 13.9. The van der Waals surface area contributed by atoms with E-state index in [9.17, 15) is 4.39 Å². The van der Waals surface area contributed by atoms with Gasteiger partial charge < -0.3 is 9.88 Å². The summed E-state index contributed by atoms with van der Waals surface area (Å²) in [5.41, 5.74) is 9.44. The van der Waals surface area contributed by atoms with Crippen LogP contribution < -0.4 is 0 Å². The Balaban J connectivity index is 1.46. The summed E-state index contributed by atoms with van der Waals surface area (Å²) in [5, 5.41) is 8.69. The fourth-order valence-electron chi connectivity index (χ4n) is 4.77. The monoisotopic (exact) mass is 476 g/mol. The van der Waals surface area contributed by atoms with Crippen molar-refractivity contribution in [2.75, 3.05) is 14.1 Å². The lowest BCUT2D eigenvalue weighted by molar-refractivity contribution is 0.402. The molecule has 0 bridgehead atoms. The maximum Gasteiger partial charge on any atom is 0.159 e. The molecular formula is C29H25FN6. The van der Waals surface area contributed by atoms with Gasteiger partial charge in [-0.15, -0.1) is 0 Å². The molecule has 7 heteroatoms. The summed E-state index contributed by atoms with van der Waals surface area (Å²) >= 11 is 0. The summed E-state index contributed by atoms with van der Waals surface area (Å²) < 4.78 is 13.9. The quantitative estimate of drug-likeness (QED) is 0.304. The van der Waals surface area contributed by atoms with Crippen LogP contribution in [0.25, 0.3) is 55.7 Å². The van der Waals surface area contributed by atoms with Gasteiger partial charge in [-0.1, -0.05) is 35.9 Å². The van der Waals surface area contributed by atoms with Crippen LogP contribution in [0.2, 0.25) is 0 Å². The Morgan fingerprint density at radius 3 is 2.61 bits per heavy atom. The zero-order chi connectivity index (χ0) is 24.8. The van der Waals surface area contributed by atoms with E-state index in [0.29, 0.717) is 5.82 Å². The molecule has 0 spiro atoms. The Kier molecular flexibility index (Phi) is 5.34. The van der Waals surface area contributed by atoms with Gasteiger partial charge in [0.1, 0.15) is 11.5 Å². The van der Waals surface area contributed by atoms with E-state index < -0.39 is 0 Å². The normalized spacial score (nSPS) is 11.7. The summed E-state index contributed by atoms with van der Waals surface area (Å²) in [6.07, 6.45) is 3.44. The maximum atomic E-state index is 13.9. The van der Waals surface area contributed by atoms with Crippen LogP contribution >= 0.6 is 0 Å². The van der Waals surface area contributed by atoms with Crippen molar-refractivity contribution in [3.63, 3.8) is 0 Å². The third kappa shape index (κ3) is 4.03. The predicted molar refractivity (Wildman–Crippen MR) is 142 cm³/mol. The average molecular weight is 477 g/mol. The minimum Gasteiger partial charge on any atom is -0.335 e. The van der Waals surface area contributed by atoms with E-state index in [1.807, 2.05) is 6.07 Å². The molecule has 0 aliphatic carbocycles. The van der Waals surface area contributed by atoms with E-state index in [0.717, 1.165) is 50.9 Å². The van der Waals surface area contributed by atoms with E-state index >= 15 is 0 Å². The van der Waals surface area contributed by atoms with Gasteiger partial charge in [-0.3, -0.25) is 10.1 Å². The summed E-state index contributed by atoms with van der Waals surface area (Å²) in [7, 11) is 4.16. The van der Waals surface area contributed by atoms with E-state index in [1.165, 1.54) is 28.8 Å². The van der Waals surface area contributed by atoms with Crippen LogP contribution in [0.3, 0.4) is 0 Å². The summed E-state index contributed by atoms with van der Waals surface area (Å²) in [4.78, 5) is 14.7. The zero-order valence-electron chi connectivity index (χ0n) is 20.3. The van der Waals surface area contributed by atoms with Crippen LogP contribution in [-0.2, 0) is 6.54 Å². The molecule has 0 fully saturated rings. The fourth-order valence-corrected chi connectivity index (χ4v) is 4.77. The highest BCUT2D eigenvalue weighted by Gasteiger charge is 2.16. The smallest absolute Gasteiger partial charge is 0.159 e. The largest absolute Gasteiger partial charge is 0.335 e. The first-order valence-corrected chi connectivity index (χ1v) is 11.8. The molecule has 0 aliphatic rings. The molecule has 6 nitrogen and oxygen atoms in total. The Morgan fingerprint density at radius 2 is 1.78 bits per heavy atom. The van der Waals surface area contributed by atoms with Gasteiger partial charge in [-0.25, -0.2) is 9.37 Å². The highest BCUT2D eigenvalue weighted by Crippen LogP contribution is 2.33. The molecule has 0 radical (unpaired) electrons. The molecule has 0 unspecified atom stereocenters. The van der Waals surface area contributed by atoms with Gasteiger partial charge in [0.05, 0.1) is 22.7 Å².